The van der Waals surface area contributed by atoms with Crippen LogP contribution in [0.1, 0.15) is 12.5 Å². The van der Waals surface area contributed by atoms with Gasteiger partial charge in [-0.05, 0) is 42.8 Å². The molecule has 0 spiro atoms. The average Bonchev–Trinajstić information content (AvgIpc) is 3.20. The molecular weight excluding hydrogens is 373 g/mol. The van der Waals surface area contributed by atoms with Crippen LogP contribution >= 0.6 is 11.6 Å². The number of ether oxygens (including phenoxy) is 1. The Balaban J connectivity index is 1.63. The van der Waals surface area contributed by atoms with E-state index in [0.717, 1.165) is 0 Å². The molecule has 0 bridgehead atoms. The van der Waals surface area contributed by atoms with Crippen molar-refractivity contribution in [2.45, 2.75) is 6.92 Å². The summed E-state index contributed by atoms with van der Waals surface area (Å²) in [6.07, 6.45) is 1.50. The van der Waals surface area contributed by atoms with Gasteiger partial charge in [-0.2, -0.15) is 5.10 Å². The molecule has 6 nitrogen and oxygen atoms in total. The quantitative estimate of drug-likeness (QED) is 0.511. The Morgan fingerprint density at radius 3 is 2.74 bits per heavy atom. The van der Waals surface area contributed by atoms with E-state index in [4.69, 9.17) is 20.9 Å². The highest BCUT2D eigenvalue weighted by Crippen LogP contribution is 2.32. The van der Waals surface area contributed by atoms with Crippen molar-refractivity contribution in [1.82, 2.24) is 10.6 Å². The molecule has 138 valence electrons. The minimum atomic E-state index is -0.449. The van der Waals surface area contributed by atoms with Gasteiger partial charge in [-0.15, -0.1) is 0 Å². The van der Waals surface area contributed by atoms with Crippen molar-refractivity contribution in [2.24, 2.45) is 5.10 Å². The summed E-state index contributed by atoms with van der Waals surface area (Å²) in [5, 5.41) is 8.14. The van der Waals surface area contributed by atoms with Crippen LogP contribution in [0.5, 0.6) is 5.75 Å². The molecule has 0 radical (unpaired) electrons. The maximum absolute atomic E-state index is 12.9. The monoisotopic (exact) mass is 387 g/mol. The third-order valence-corrected chi connectivity index (χ3v) is 3.85. The third-order valence-electron chi connectivity index (χ3n) is 3.61. The van der Waals surface area contributed by atoms with E-state index in [1.807, 2.05) is 0 Å². The van der Waals surface area contributed by atoms with Gasteiger partial charge in [0.05, 0.1) is 17.5 Å². The highest BCUT2D eigenvalue weighted by Gasteiger charge is 2.12. The molecule has 2 aromatic carbocycles. The van der Waals surface area contributed by atoms with Gasteiger partial charge in [-0.25, -0.2) is 9.82 Å². The van der Waals surface area contributed by atoms with E-state index in [-0.39, 0.29) is 12.4 Å². The number of aromatic nitrogens is 1. The van der Waals surface area contributed by atoms with Crippen molar-refractivity contribution in [3.05, 3.63) is 71.1 Å². The summed E-state index contributed by atoms with van der Waals surface area (Å²) in [5.74, 6) is 0.105. The second kappa shape index (κ2) is 8.46. The van der Waals surface area contributed by atoms with Crippen molar-refractivity contribution in [1.29, 1.82) is 0 Å². The number of nitrogens with one attached hydrogen (secondary N) is 1. The normalized spacial score (nSPS) is 11.3. The predicted molar refractivity (Wildman–Crippen MR) is 99.2 cm³/mol. The van der Waals surface area contributed by atoms with Gasteiger partial charge in [0, 0.05) is 11.1 Å². The number of halogens is 2. The smallest absolute Gasteiger partial charge is 0.277 e. The molecule has 0 saturated carbocycles. The maximum Gasteiger partial charge on any atom is 0.277 e. The first-order chi connectivity index (χ1) is 13.0. The van der Waals surface area contributed by atoms with Crippen LogP contribution in [-0.2, 0) is 4.79 Å². The Bertz CT molecular complexity index is 957. The molecule has 8 heteroatoms. The van der Waals surface area contributed by atoms with Crippen molar-refractivity contribution >= 4 is 23.2 Å². The lowest BCUT2D eigenvalue weighted by atomic mass is 10.1. The van der Waals surface area contributed by atoms with Gasteiger partial charge < -0.3 is 9.26 Å². The van der Waals surface area contributed by atoms with Crippen LogP contribution in [0.3, 0.4) is 0 Å². The van der Waals surface area contributed by atoms with Gasteiger partial charge >= 0.3 is 0 Å². The average molecular weight is 388 g/mol. The lowest BCUT2D eigenvalue weighted by molar-refractivity contribution is -0.123. The molecule has 0 aliphatic heterocycles. The predicted octanol–water partition coefficient (Wildman–Crippen LogP) is 4.05. The first kappa shape index (κ1) is 18.6. The minimum absolute atomic E-state index is 0.261. The van der Waals surface area contributed by atoms with Crippen molar-refractivity contribution < 1.29 is 18.4 Å². The van der Waals surface area contributed by atoms with Crippen LogP contribution in [0.25, 0.3) is 11.3 Å². The van der Waals surface area contributed by atoms with Crippen LogP contribution in [0.4, 0.5) is 4.39 Å². The second-order valence-electron chi connectivity index (χ2n) is 5.54. The third kappa shape index (κ3) is 4.92. The fourth-order valence-corrected chi connectivity index (χ4v) is 2.42. The topological polar surface area (TPSA) is 76.7 Å². The first-order valence-corrected chi connectivity index (χ1v) is 8.33. The van der Waals surface area contributed by atoms with Crippen LogP contribution in [0.15, 0.2) is 64.4 Å². The SMILES string of the molecule is C/C(=N\NC(=O)COc1ccc(Cl)cc1-c1ccno1)c1ccc(F)cc1. The summed E-state index contributed by atoms with van der Waals surface area (Å²) in [5.41, 5.74) is 4.22. The molecule has 1 N–H and O–H groups in total. The van der Waals surface area contributed by atoms with Gasteiger partial charge in [0.1, 0.15) is 11.6 Å². The van der Waals surface area contributed by atoms with Crippen molar-refractivity contribution in [2.75, 3.05) is 6.61 Å². The molecular formula is C19H15ClFN3O3. The van der Waals surface area contributed by atoms with Crippen molar-refractivity contribution in [3.63, 3.8) is 0 Å². The molecule has 0 saturated heterocycles. The molecule has 1 heterocycles. The molecule has 0 aliphatic rings. The zero-order valence-corrected chi connectivity index (χ0v) is 15.0. The van der Waals surface area contributed by atoms with Gasteiger partial charge in [0.15, 0.2) is 12.4 Å². The van der Waals surface area contributed by atoms with Gasteiger partial charge in [-0.3, -0.25) is 4.79 Å². The van der Waals surface area contributed by atoms with Crippen LogP contribution in [0.2, 0.25) is 5.02 Å². The van der Waals surface area contributed by atoms with Gasteiger partial charge in [0.2, 0.25) is 0 Å². The first-order valence-electron chi connectivity index (χ1n) is 7.95. The van der Waals surface area contributed by atoms with Crippen LogP contribution in [-0.4, -0.2) is 23.4 Å². The largest absolute Gasteiger partial charge is 0.483 e. The number of hydrazone groups is 1. The van der Waals surface area contributed by atoms with Crippen LogP contribution in [0, 0.1) is 5.82 Å². The van der Waals surface area contributed by atoms with E-state index in [9.17, 15) is 9.18 Å². The Kier molecular flexibility index (Phi) is 5.83. The lowest BCUT2D eigenvalue weighted by Crippen LogP contribution is -2.25. The molecule has 0 fully saturated rings. The van der Waals surface area contributed by atoms with E-state index in [2.05, 4.69) is 15.7 Å². The molecule has 0 atom stereocenters. The molecule has 1 aromatic heterocycles. The number of hydrogen-bond donors (Lipinski definition) is 1. The van der Waals surface area contributed by atoms with E-state index in [1.165, 1.54) is 18.3 Å². The number of amides is 1. The van der Waals surface area contributed by atoms with E-state index in [0.29, 0.717) is 33.4 Å². The van der Waals surface area contributed by atoms with Crippen LogP contribution < -0.4 is 10.2 Å². The maximum atomic E-state index is 12.9. The molecule has 3 rings (SSSR count). The van der Waals surface area contributed by atoms with Crippen molar-refractivity contribution in [3.8, 4) is 17.1 Å². The zero-order chi connectivity index (χ0) is 19.2. The van der Waals surface area contributed by atoms with E-state index in [1.54, 1.807) is 43.3 Å². The molecule has 3 aromatic rings. The zero-order valence-electron chi connectivity index (χ0n) is 14.3. The standard InChI is InChI=1S/C19H15ClFN3O3/c1-12(13-2-5-15(21)6-3-13)23-24-19(25)11-26-17-7-4-14(20)10-16(17)18-8-9-22-27-18/h2-10H,11H2,1H3,(H,24,25)/b23-12+. The number of rotatable bonds is 6. The number of nitrogens with zero attached hydrogens (tertiary/aromatic N) is 2. The number of hydrogen-bond acceptors (Lipinski definition) is 5. The lowest BCUT2D eigenvalue weighted by Gasteiger charge is -2.09. The van der Waals surface area contributed by atoms with Gasteiger partial charge in [0.25, 0.3) is 5.91 Å². The highest BCUT2D eigenvalue weighted by atomic mass is 35.5. The van der Waals surface area contributed by atoms with E-state index < -0.39 is 5.91 Å². The molecule has 0 unspecified atom stereocenters. The Hall–Kier alpha value is -3.19. The summed E-state index contributed by atoms with van der Waals surface area (Å²) in [6.45, 7) is 1.44. The molecule has 0 aliphatic carbocycles. The summed E-state index contributed by atoms with van der Waals surface area (Å²) in [4.78, 5) is 12.0. The number of carbonyl (C=O) groups excluding carboxylic acids is 1. The highest BCUT2D eigenvalue weighted by molar-refractivity contribution is 6.30. The molecule has 27 heavy (non-hydrogen) atoms. The molecule has 1 amide bonds. The summed E-state index contributed by atoms with van der Waals surface area (Å²) in [6, 6.07) is 12.4. The van der Waals surface area contributed by atoms with Gasteiger partial charge in [-0.1, -0.05) is 28.9 Å². The summed E-state index contributed by atoms with van der Waals surface area (Å²) >= 11 is 6.01. The number of benzene rings is 2. The van der Waals surface area contributed by atoms with E-state index >= 15 is 0 Å². The second-order valence-corrected chi connectivity index (χ2v) is 5.98. The number of carbonyl (C=O) groups is 1. The Morgan fingerprint density at radius 1 is 1.26 bits per heavy atom. The summed E-state index contributed by atoms with van der Waals surface area (Å²) < 4.78 is 23.6. The minimum Gasteiger partial charge on any atom is -0.483 e. The fraction of sp³-hybridized carbons (Fsp3) is 0.105. The fourth-order valence-electron chi connectivity index (χ4n) is 2.25. The summed E-state index contributed by atoms with van der Waals surface area (Å²) in [7, 11) is 0. The Morgan fingerprint density at radius 2 is 2.04 bits per heavy atom. The Labute approximate surface area is 159 Å².